The third-order valence-corrected chi connectivity index (χ3v) is 3.84. The topological polar surface area (TPSA) is 57.6 Å². The number of likely N-dealkylation sites (tertiary alicyclic amines) is 1. The molecule has 2 atom stereocenters. The van der Waals surface area contributed by atoms with E-state index in [9.17, 15) is 9.59 Å². The SMILES string of the molecule is Cc1ccccc1C=CC(=O)N1CC(C)C(C(=O)O)C1. The van der Waals surface area contributed by atoms with Crippen LogP contribution in [0.1, 0.15) is 18.1 Å². The van der Waals surface area contributed by atoms with Gasteiger partial charge in [-0.25, -0.2) is 0 Å². The minimum absolute atomic E-state index is 0.00307. The first-order chi connectivity index (χ1) is 9.49. The highest BCUT2D eigenvalue weighted by Gasteiger charge is 2.36. The van der Waals surface area contributed by atoms with E-state index < -0.39 is 11.9 Å². The van der Waals surface area contributed by atoms with E-state index in [0.717, 1.165) is 11.1 Å². The predicted molar refractivity (Wildman–Crippen MR) is 77.1 cm³/mol. The second kappa shape index (κ2) is 5.90. The molecule has 1 amide bonds. The fourth-order valence-electron chi connectivity index (χ4n) is 2.51. The van der Waals surface area contributed by atoms with Crippen LogP contribution in [0.5, 0.6) is 0 Å². The van der Waals surface area contributed by atoms with E-state index in [0.29, 0.717) is 13.1 Å². The average Bonchev–Trinajstić information content (AvgIpc) is 2.80. The van der Waals surface area contributed by atoms with E-state index in [4.69, 9.17) is 5.11 Å². The van der Waals surface area contributed by atoms with Gasteiger partial charge in [-0.2, -0.15) is 0 Å². The Morgan fingerprint density at radius 1 is 1.30 bits per heavy atom. The molecule has 20 heavy (non-hydrogen) atoms. The molecule has 1 aliphatic rings. The Labute approximate surface area is 118 Å². The second-order valence-corrected chi connectivity index (χ2v) is 5.36. The van der Waals surface area contributed by atoms with E-state index in [1.165, 1.54) is 6.08 Å². The maximum atomic E-state index is 12.1. The van der Waals surface area contributed by atoms with Crippen LogP contribution in [0.15, 0.2) is 30.3 Å². The van der Waals surface area contributed by atoms with Gasteiger partial charge >= 0.3 is 5.97 Å². The average molecular weight is 273 g/mol. The number of benzene rings is 1. The largest absolute Gasteiger partial charge is 0.481 e. The number of carbonyl (C=O) groups excluding carboxylic acids is 1. The van der Waals surface area contributed by atoms with E-state index in [-0.39, 0.29) is 11.8 Å². The highest BCUT2D eigenvalue weighted by atomic mass is 16.4. The number of rotatable bonds is 3. The summed E-state index contributed by atoms with van der Waals surface area (Å²) in [6.07, 6.45) is 3.32. The number of nitrogens with zero attached hydrogens (tertiary/aromatic N) is 1. The number of aryl methyl sites for hydroxylation is 1. The number of carboxylic acids is 1. The zero-order valence-electron chi connectivity index (χ0n) is 11.7. The highest BCUT2D eigenvalue weighted by Crippen LogP contribution is 2.23. The van der Waals surface area contributed by atoms with Crippen molar-refractivity contribution in [2.45, 2.75) is 13.8 Å². The van der Waals surface area contributed by atoms with Crippen molar-refractivity contribution in [2.24, 2.45) is 11.8 Å². The minimum Gasteiger partial charge on any atom is -0.481 e. The first-order valence-corrected chi connectivity index (χ1v) is 6.74. The molecule has 1 N–H and O–H groups in total. The van der Waals surface area contributed by atoms with E-state index in [1.54, 1.807) is 11.0 Å². The zero-order valence-corrected chi connectivity index (χ0v) is 11.7. The lowest BCUT2D eigenvalue weighted by Crippen LogP contribution is -2.28. The van der Waals surface area contributed by atoms with Gasteiger partial charge in [-0.1, -0.05) is 31.2 Å². The van der Waals surface area contributed by atoms with Gasteiger partial charge in [-0.15, -0.1) is 0 Å². The Kier molecular flexibility index (Phi) is 4.23. The Hall–Kier alpha value is -2.10. The van der Waals surface area contributed by atoms with Crippen LogP contribution >= 0.6 is 0 Å². The zero-order chi connectivity index (χ0) is 14.7. The molecule has 2 rings (SSSR count). The first-order valence-electron chi connectivity index (χ1n) is 6.74. The lowest BCUT2D eigenvalue weighted by atomic mass is 9.99. The Morgan fingerprint density at radius 3 is 2.60 bits per heavy atom. The van der Waals surface area contributed by atoms with E-state index in [2.05, 4.69) is 0 Å². The van der Waals surface area contributed by atoms with Crippen molar-refractivity contribution < 1.29 is 14.7 Å². The van der Waals surface area contributed by atoms with Crippen LogP contribution in [0.2, 0.25) is 0 Å². The molecule has 4 heteroatoms. The normalized spacial score (nSPS) is 22.4. The van der Waals surface area contributed by atoms with Crippen molar-refractivity contribution in [3.8, 4) is 0 Å². The third-order valence-electron chi connectivity index (χ3n) is 3.84. The van der Waals surface area contributed by atoms with Crippen LogP contribution in [0, 0.1) is 18.8 Å². The van der Waals surface area contributed by atoms with Crippen LogP contribution in [-0.4, -0.2) is 35.0 Å². The van der Waals surface area contributed by atoms with Gasteiger partial charge < -0.3 is 10.0 Å². The number of amides is 1. The molecule has 1 aromatic carbocycles. The lowest BCUT2D eigenvalue weighted by molar-refractivity contribution is -0.142. The molecule has 0 radical (unpaired) electrons. The first kappa shape index (κ1) is 14.3. The standard InChI is InChI=1S/C16H19NO3/c1-11-5-3-4-6-13(11)7-8-15(18)17-9-12(2)14(10-17)16(19)20/h3-8,12,14H,9-10H2,1-2H3,(H,19,20). The van der Waals surface area contributed by atoms with Gasteiger partial charge in [0.05, 0.1) is 5.92 Å². The van der Waals surface area contributed by atoms with Gasteiger partial charge in [-0.3, -0.25) is 9.59 Å². The molecule has 0 spiro atoms. The summed E-state index contributed by atoms with van der Waals surface area (Å²) < 4.78 is 0. The van der Waals surface area contributed by atoms with Gasteiger partial charge in [-0.05, 0) is 30.0 Å². The van der Waals surface area contributed by atoms with Crippen LogP contribution < -0.4 is 0 Å². The van der Waals surface area contributed by atoms with Gasteiger partial charge in [0.1, 0.15) is 0 Å². The molecule has 0 saturated carbocycles. The number of carboxylic acid groups (broad SMARTS) is 1. The summed E-state index contributed by atoms with van der Waals surface area (Å²) in [6.45, 7) is 4.67. The molecule has 1 saturated heterocycles. The summed E-state index contributed by atoms with van der Waals surface area (Å²) in [5, 5.41) is 9.07. The van der Waals surface area contributed by atoms with Crippen molar-refractivity contribution in [3.05, 3.63) is 41.5 Å². The molecule has 4 nitrogen and oxygen atoms in total. The summed E-state index contributed by atoms with van der Waals surface area (Å²) in [5.41, 5.74) is 2.11. The summed E-state index contributed by atoms with van der Waals surface area (Å²) in [4.78, 5) is 24.7. The quantitative estimate of drug-likeness (QED) is 0.859. The number of hydrogen-bond acceptors (Lipinski definition) is 2. The van der Waals surface area contributed by atoms with Crippen molar-refractivity contribution >= 4 is 18.0 Å². The molecule has 2 unspecified atom stereocenters. The van der Waals surface area contributed by atoms with Crippen LogP contribution in [-0.2, 0) is 9.59 Å². The predicted octanol–water partition coefficient (Wildman–Crippen LogP) is 2.19. The molecular weight excluding hydrogens is 254 g/mol. The van der Waals surface area contributed by atoms with Crippen LogP contribution in [0.4, 0.5) is 0 Å². The van der Waals surface area contributed by atoms with Crippen molar-refractivity contribution in [3.63, 3.8) is 0 Å². The molecular formula is C16H19NO3. The smallest absolute Gasteiger partial charge is 0.308 e. The van der Waals surface area contributed by atoms with E-state index >= 15 is 0 Å². The second-order valence-electron chi connectivity index (χ2n) is 5.36. The molecule has 1 aromatic rings. The van der Waals surface area contributed by atoms with Crippen LogP contribution in [0.3, 0.4) is 0 Å². The molecule has 1 heterocycles. The summed E-state index contributed by atoms with van der Waals surface area (Å²) in [5.74, 6) is -1.39. The number of hydrogen-bond donors (Lipinski definition) is 1. The third kappa shape index (κ3) is 3.07. The molecule has 0 aromatic heterocycles. The van der Waals surface area contributed by atoms with Gasteiger partial charge in [0, 0.05) is 19.2 Å². The number of carbonyl (C=O) groups is 2. The molecule has 1 aliphatic heterocycles. The van der Waals surface area contributed by atoms with Crippen molar-refractivity contribution in [1.29, 1.82) is 0 Å². The maximum Gasteiger partial charge on any atom is 0.308 e. The summed E-state index contributed by atoms with van der Waals surface area (Å²) in [6, 6.07) is 7.82. The monoisotopic (exact) mass is 273 g/mol. The maximum absolute atomic E-state index is 12.1. The Bertz CT molecular complexity index is 550. The molecule has 0 aliphatic carbocycles. The molecule has 0 bridgehead atoms. The Balaban J connectivity index is 2.03. The van der Waals surface area contributed by atoms with Crippen LogP contribution in [0.25, 0.3) is 6.08 Å². The van der Waals surface area contributed by atoms with E-state index in [1.807, 2.05) is 38.1 Å². The number of aliphatic carboxylic acids is 1. The van der Waals surface area contributed by atoms with Gasteiger partial charge in [0.25, 0.3) is 0 Å². The lowest BCUT2D eigenvalue weighted by Gasteiger charge is -2.13. The molecule has 1 fully saturated rings. The minimum atomic E-state index is -0.823. The Morgan fingerprint density at radius 2 is 2.00 bits per heavy atom. The fraction of sp³-hybridized carbons (Fsp3) is 0.375. The summed E-state index contributed by atoms with van der Waals surface area (Å²) >= 11 is 0. The fourth-order valence-corrected chi connectivity index (χ4v) is 2.51. The van der Waals surface area contributed by atoms with Gasteiger partial charge in [0.2, 0.25) is 5.91 Å². The van der Waals surface area contributed by atoms with Gasteiger partial charge in [0.15, 0.2) is 0 Å². The highest BCUT2D eigenvalue weighted by molar-refractivity contribution is 5.92. The van der Waals surface area contributed by atoms with Crippen molar-refractivity contribution in [1.82, 2.24) is 4.90 Å². The summed E-state index contributed by atoms with van der Waals surface area (Å²) in [7, 11) is 0. The molecule has 106 valence electrons. The van der Waals surface area contributed by atoms with Crippen molar-refractivity contribution in [2.75, 3.05) is 13.1 Å².